The predicted molar refractivity (Wildman–Crippen MR) is 49.9 cm³/mol. The molecule has 1 aliphatic rings. The zero-order valence-corrected chi connectivity index (χ0v) is 7.46. The average molecular weight is 190 g/mol. The molecule has 1 fully saturated rings. The summed E-state index contributed by atoms with van der Waals surface area (Å²) in [5.41, 5.74) is 0.942. The summed E-state index contributed by atoms with van der Waals surface area (Å²) in [6, 6.07) is 9.31. The van der Waals surface area contributed by atoms with Crippen molar-refractivity contribution in [3.8, 4) is 0 Å². The Kier molecular flexibility index (Phi) is 2.08. The number of carboxylic acids is 1. The highest BCUT2D eigenvalue weighted by Crippen LogP contribution is 2.52. The van der Waals surface area contributed by atoms with Crippen molar-refractivity contribution in [1.29, 1.82) is 0 Å². The van der Waals surface area contributed by atoms with E-state index >= 15 is 0 Å². The summed E-state index contributed by atoms with van der Waals surface area (Å²) in [5, 5.41) is 8.83. The van der Waals surface area contributed by atoms with Gasteiger partial charge in [-0.2, -0.15) is 0 Å². The van der Waals surface area contributed by atoms with Gasteiger partial charge in [-0.3, -0.25) is 4.79 Å². The van der Waals surface area contributed by atoms with Crippen LogP contribution in [0.4, 0.5) is 0 Å². The van der Waals surface area contributed by atoms with E-state index < -0.39 is 11.9 Å². The first-order valence-electron chi connectivity index (χ1n) is 4.48. The number of hydrogen-bond donors (Lipinski definition) is 1. The maximum atomic E-state index is 10.8. The van der Waals surface area contributed by atoms with E-state index in [9.17, 15) is 9.59 Å². The monoisotopic (exact) mass is 190 g/mol. The highest BCUT2D eigenvalue weighted by molar-refractivity contribution is 5.83. The normalized spacial score (nSPS) is 29.6. The van der Waals surface area contributed by atoms with Crippen molar-refractivity contribution in [2.75, 3.05) is 0 Å². The highest BCUT2D eigenvalue weighted by atomic mass is 16.4. The lowest BCUT2D eigenvalue weighted by molar-refractivity contribution is -0.139. The first kappa shape index (κ1) is 8.94. The molecule has 3 atom stereocenters. The Hall–Kier alpha value is -1.64. The van der Waals surface area contributed by atoms with Crippen LogP contribution in [0.5, 0.6) is 0 Å². The molecule has 2 rings (SSSR count). The van der Waals surface area contributed by atoms with Crippen molar-refractivity contribution >= 4 is 12.3 Å². The molecule has 1 aliphatic carbocycles. The van der Waals surface area contributed by atoms with E-state index in [1.165, 1.54) is 0 Å². The Labute approximate surface area is 81.4 Å². The second-order valence-corrected chi connectivity index (χ2v) is 3.51. The number of aliphatic carboxylic acids is 1. The van der Waals surface area contributed by atoms with Crippen molar-refractivity contribution in [3.63, 3.8) is 0 Å². The quantitative estimate of drug-likeness (QED) is 0.731. The second-order valence-electron chi connectivity index (χ2n) is 3.51. The van der Waals surface area contributed by atoms with Crippen LogP contribution >= 0.6 is 0 Å². The van der Waals surface area contributed by atoms with E-state index in [4.69, 9.17) is 5.11 Å². The SMILES string of the molecule is O=CC1C(C(=O)O)C1c1ccccc1. The van der Waals surface area contributed by atoms with Crippen LogP contribution in [-0.2, 0) is 9.59 Å². The third kappa shape index (κ3) is 1.31. The zero-order valence-electron chi connectivity index (χ0n) is 7.46. The van der Waals surface area contributed by atoms with Gasteiger partial charge in [0.05, 0.1) is 5.92 Å². The minimum atomic E-state index is -0.879. The fraction of sp³-hybridized carbons (Fsp3) is 0.273. The summed E-state index contributed by atoms with van der Waals surface area (Å²) in [6.45, 7) is 0. The molecular weight excluding hydrogens is 180 g/mol. The fourth-order valence-corrected chi connectivity index (χ4v) is 1.93. The fourth-order valence-electron chi connectivity index (χ4n) is 1.93. The summed E-state index contributed by atoms with van der Waals surface area (Å²) >= 11 is 0. The molecule has 0 bridgehead atoms. The van der Waals surface area contributed by atoms with Gasteiger partial charge in [0, 0.05) is 11.8 Å². The summed E-state index contributed by atoms with van der Waals surface area (Å²) in [6.07, 6.45) is 0.746. The molecule has 0 saturated heterocycles. The summed E-state index contributed by atoms with van der Waals surface area (Å²) in [5.74, 6) is -1.85. The van der Waals surface area contributed by atoms with E-state index in [2.05, 4.69) is 0 Å². The van der Waals surface area contributed by atoms with Crippen molar-refractivity contribution in [2.45, 2.75) is 5.92 Å². The van der Waals surface area contributed by atoms with E-state index in [0.717, 1.165) is 11.8 Å². The maximum Gasteiger partial charge on any atom is 0.307 e. The van der Waals surface area contributed by atoms with E-state index in [0.29, 0.717) is 0 Å². The van der Waals surface area contributed by atoms with Gasteiger partial charge < -0.3 is 9.90 Å². The molecule has 0 aliphatic heterocycles. The van der Waals surface area contributed by atoms with Gasteiger partial charge in [0.15, 0.2) is 0 Å². The van der Waals surface area contributed by atoms with E-state index in [1.807, 2.05) is 30.3 Å². The van der Waals surface area contributed by atoms with Gasteiger partial charge in [0.1, 0.15) is 6.29 Å². The van der Waals surface area contributed by atoms with Crippen molar-refractivity contribution in [1.82, 2.24) is 0 Å². The molecule has 72 valence electrons. The highest BCUT2D eigenvalue weighted by Gasteiger charge is 2.55. The van der Waals surface area contributed by atoms with Gasteiger partial charge >= 0.3 is 5.97 Å². The largest absolute Gasteiger partial charge is 0.481 e. The summed E-state index contributed by atoms with van der Waals surface area (Å²) in [7, 11) is 0. The number of hydrogen-bond acceptors (Lipinski definition) is 2. The molecule has 0 spiro atoms. The van der Waals surface area contributed by atoms with Crippen molar-refractivity contribution in [2.24, 2.45) is 11.8 Å². The second kappa shape index (κ2) is 3.25. The molecule has 1 saturated carbocycles. The summed E-state index contributed by atoms with van der Waals surface area (Å²) in [4.78, 5) is 21.4. The molecule has 0 radical (unpaired) electrons. The Morgan fingerprint density at radius 2 is 1.93 bits per heavy atom. The predicted octanol–water partition coefficient (Wildman–Crippen LogP) is 1.30. The Morgan fingerprint density at radius 1 is 1.29 bits per heavy atom. The third-order valence-electron chi connectivity index (χ3n) is 2.70. The van der Waals surface area contributed by atoms with Gasteiger partial charge in [0.2, 0.25) is 0 Å². The lowest BCUT2D eigenvalue weighted by atomic mass is 10.1. The van der Waals surface area contributed by atoms with Crippen LogP contribution in [0.1, 0.15) is 11.5 Å². The topological polar surface area (TPSA) is 54.4 Å². The number of aldehydes is 1. The standard InChI is InChI=1S/C11H10O3/c12-6-8-9(10(8)11(13)14)7-4-2-1-3-5-7/h1-6,8-10H,(H,13,14). The molecule has 0 amide bonds. The molecule has 0 heterocycles. The molecule has 14 heavy (non-hydrogen) atoms. The van der Waals surface area contributed by atoms with Gasteiger partial charge in [-0.1, -0.05) is 30.3 Å². The minimum absolute atomic E-state index is 0.119. The molecule has 1 aromatic rings. The molecule has 3 nitrogen and oxygen atoms in total. The molecule has 3 heteroatoms. The minimum Gasteiger partial charge on any atom is -0.481 e. The smallest absolute Gasteiger partial charge is 0.307 e. The van der Waals surface area contributed by atoms with Crippen LogP contribution < -0.4 is 0 Å². The van der Waals surface area contributed by atoms with Gasteiger partial charge in [0.25, 0.3) is 0 Å². The number of carbonyl (C=O) groups excluding carboxylic acids is 1. The Bertz CT molecular complexity index is 358. The molecule has 1 N–H and O–H groups in total. The van der Waals surface area contributed by atoms with Crippen LogP contribution in [0.15, 0.2) is 30.3 Å². The van der Waals surface area contributed by atoms with Crippen molar-refractivity contribution < 1.29 is 14.7 Å². The molecule has 3 unspecified atom stereocenters. The zero-order chi connectivity index (χ0) is 10.1. The van der Waals surface area contributed by atoms with E-state index in [-0.39, 0.29) is 11.8 Å². The van der Waals surface area contributed by atoms with Gasteiger partial charge in [-0.25, -0.2) is 0 Å². The molecule has 1 aromatic carbocycles. The third-order valence-corrected chi connectivity index (χ3v) is 2.70. The number of carbonyl (C=O) groups is 2. The Balaban J connectivity index is 2.22. The lowest BCUT2D eigenvalue weighted by Crippen LogP contribution is -2.00. The summed E-state index contributed by atoms with van der Waals surface area (Å²) < 4.78 is 0. The van der Waals surface area contributed by atoms with Gasteiger partial charge in [-0.15, -0.1) is 0 Å². The number of rotatable bonds is 3. The first-order chi connectivity index (χ1) is 6.75. The van der Waals surface area contributed by atoms with Gasteiger partial charge in [-0.05, 0) is 5.56 Å². The van der Waals surface area contributed by atoms with Crippen LogP contribution in [0.2, 0.25) is 0 Å². The molecular formula is C11H10O3. The maximum absolute atomic E-state index is 10.8. The lowest BCUT2D eigenvalue weighted by Gasteiger charge is -1.95. The van der Waals surface area contributed by atoms with E-state index in [1.54, 1.807) is 0 Å². The van der Waals surface area contributed by atoms with Crippen LogP contribution in [0.25, 0.3) is 0 Å². The van der Waals surface area contributed by atoms with Crippen LogP contribution in [0, 0.1) is 11.8 Å². The first-order valence-corrected chi connectivity index (χ1v) is 4.48. The number of benzene rings is 1. The molecule has 0 aromatic heterocycles. The number of carboxylic acid groups (broad SMARTS) is 1. The average Bonchev–Trinajstić information content (AvgIpc) is 2.93. The van der Waals surface area contributed by atoms with Crippen LogP contribution in [0.3, 0.4) is 0 Å². The Morgan fingerprint density at radius 3 is 2.36 bits per heavy atom. The van der Waals surface area contributed by atoms with Crippen LogP contribution in [-0.4, -0.2) is 17.4 Å². The van der Waals surface area contributed by atoms with Crippen molar-refractivity contribution in [3.05, 3.63) is 35.9 Å².